The maximum atomic E-state index is 14.0. The number of carbonyl (C=O) groups is 2. The molecule has 0 saturated carbocycles. The fraction of sp³-hybridized carbons (Fsp3) is 0.500. The Bertz CT molecular complexity index is 1150. The third-order valence-electron chi connectivity index (χ3n) is 6.97. The summed E-state index contributed by atoms with van der Waals surface area (Å²) < 4.78 is 46.8. The van der Waals surface area contributed by atoms with Gasteiger partial charge in [-0.2, -0.15) is 13.2 Å². The lowest BCUT2D eigenvalue weighted by atomic mass is 9.90. The molecule has 208 valence electrons. The molecule has 1 saturated heterocycles. The summed E-state index contributed by atoms with van der Waals surface area (Å²) in [5.74, 6) is -1.59. The van der Waals surface area contributed by atoms with Crippen LogP contribution < -0.4 is 9.64 Å². The molecule has 1 aromatic carbocycles. The van der Waals surface area contributed by atoms with Crippen LogP contribution in [-0.2, 0) is 10.4 Å². The molecule has 1 unspecified atom stereocenters. The summed E-state index contributed by atoms with van der Waals surface area (Å²) in [7, 11) is 2.53. The van der Waals surface area contributed by atoms with Gasteiger partial charge >= 0.3 is 12.1 Å². The Morgan fingerprint density at radius 2 is 1.89 bits per heavy atom. The fourth-order valence-corrected chi connectivity index (χ4v) is 5.05. The molecule has 2 aromatic rings. The number of aromatic carboxylic acids is 1. The van der Waals surface area contributed by atoms with Crippen molar-refractivity contribution in [3.05, 3.63) is 52.2 Å². The number of amides is 1. The van der Waals surface area contributed by atoms with Gasteiger partial charge in [-0.25, -0.2) is 9.78 Å². The number of alkyl halides is 3. The Labute approximate surface area is 224 Å². The third kappa shape index (κ3) is 6.15. The number of hydrogen-bond donors (Lipinski definition) is 2. The van der Waals surface area contributed by atoms with Gasteiger partial charge in [-0.1, -0.05) is 23.7 Å². The predicted octanol–water partition coefficient (Wildman–Crippen LogP) is 4.66. The minimum absolute atomic E-state index is 0.0206. The van der Waals surface area contributed by atoms with Crippen LogP contribution in [0, 0.1) is 12.8 Å². The topological polar surface area (TPSA) is 103 Å². The average molecular weight is 558 g/mol. The van der Waals surface area contributed by atoms with Crippen LogP contribution >= 0.6 is 11.6 Å². The Kier molecular flexibility index (Phi) is 9.14. The molecule has 1 atom stereocenters. The van der Waals surface area contributed by atoms with Crippen molar-refractivity contribution in [2.45, 2.75) is 44.4 Å². The lowest BCUT2D eigenvalue weighted by molar-refractivity contribution is -0.261. The highest BCUT2D eigenvalue weighted by molar-refractivity contribution is 6.32. The number of methoxy groups -OCH3 is 1. The number of aliphatic hydroxyl groups is 1. The zero-order chi connectivity index (χ0) is 28.3. The summed E-state index contributed by atoms with van der Waals surface area (Å²) >= 11 is 6.07. The highest BCUT2D eigenvalue weighted by Gasteiger charge is 2.61. The summed E-state index contributed by atoms with van der Waals surface area (Å²) in [6.45, 7) is 3.05. The van der Waals surface area contributed by atoms with Gasteiger partial charge in [-0.15, -0.1) is 0 Å². The number of aryl methyl sites for hydroxylation is 1. The summed E-state index contributed by atoms with van der Waals surface area (Å²) in [6, 6.07) is 6.47. The first-order valence-electron chi connectivity index (χ1n) is 12.1. The minimum atomic E-state index is -5.23. The highest BCUT2D eigenvalue weighted by Crippen LogP contribution is 2.41. The van der Waals surface area contributed by atoms with Crippen LogP contribution in [0.4, 0.5) is 19.0 Å². The van der Waals surface area contributed by atoms with Crippen molar-refractivity contribution in [3.8, 4) is 5.75 Å². The van der Waals surface area contributed by atoms with E-state index < -0.39 is 29.2 Å². The maximum Gasteiger partial charge on any atom is 0.430 e. The lowest BCUT2D eigenvalue weighted by Gasteiger charge is -2.35. The van der Waals surface area contributed by atoms with Gasteiger partial charge in [0.15, 0.2) is 0 Å². The van der Waals surface area contributed by atoms with Crippen molar-refractivity contribution in [1.29, 1.82) is 0 Å². The van der Waals surface area contributed by atoms with Crippen LogP contribution in [0.15, 0.2) is 30.3 Å². The Morgan fingerprint density at radius 3 is 2.45 bits per heavy atom. The van der Waals surface area contributed by atoms with E-state index in [4.69, 9.17) is 16.3 Å². The van der Waals surface area contributed by atoms with E-state index in [1.807, 2.05) is 4.90 Å². The first kappa shape index (κ1) is 29.5. The summed E-state index contributed by atoms with van der Waals surface area (Å²) in [4.78, 5) is 31.4. The Balaban J connectivity index is 1.57. The van der Waals surface area contributed by atoms with Gasteiger partial charge in [-0.3, -0.25) is 4.79 Å². The number of aromatic nitrogens is 1. The number of likely N-dealkylation sites (N-methyl/N-ethyl adjacent to an activating group) is 1. The number of halogens is 4. The molecule has 2 heterocycles. The van der Waals surface area contributed by atoms with Gasteiger partial charge < -0.3 is 24.7 Å². The van der Waals surface area contributed by atoms with E-state index in [1.165, 1.54) is 26.3 Å². The van der Waals surface area contributed by atoms with Crippen molar-refractivity contribution < 1.29 is 37.7 Å². The van der Waals surface area contributed by atoms with Gasteiger partial charge in [0.25, 0.3) is 11.5 Å². The number of carboxylic acid groups (broad SMARTS) is 1. The number of carboxylic acids is 1. The molecular formula is C26H31ClF3N3O5. The van der Waals surface area contributed by atoms with Crippen LogP contribution in [0.3, 0.4) is 0 Å². The van der Waals surface area contributed by atoms with E-state index in [0.717, 1.165) is 29.9 Å². The van der Waals surface area contributed by atoms with Crippen LogP contribution in [-0.4, -0.2) is 71.9 Å². The molecule has 2 N–H and O–H groups in total. The third-order valence-corrected chi connectivity index (χ3v) is 7.24. The van der Waals surface area contributed by atoms with E-state index >= 15 is 0 Å². The van der Waals surface area contributed by atoms with Crippen molar-refractivity contribution in [3.63, 3.8) is 0 Å². The molecule has 0 radical (unpaired) electrons. The fourth-order valence-electron chi connectivity index (χ4n) is 4.74. The van der Waals surface area contributed by atoms with Crippen LogP contribution in [0.1, 0.15) is 47.2 Å². The van der Waals surface area contributed by atoms with E-state index in [2.05, 4.69) is 4.98 Å². The molecule has 1 aliphatic rings. The van der Waals surface area contributed by atoms with E-state index in [1.54, 1.807) is 13.0 Å². The number of ether oxygens (including phenoxy) is 1. The molecule has 1 amide bonds. The van der Waals surface area contributed by atoms with Gasteiger partial charge in [0, 0.05) is 32.2 Å². The van der Waals surface area contributed by atoms with Crippen molar-refractivity contribution in [2.75, 3.05) is 38.7 Å². The van der Waals surface area contributed by atoms with Crippen molar-refractivity contribution >= 4 is 29.3 Å². The van der Waals surface area contributed by atoms with Crippen molar-refractivity contribution in [1.82, 2.24) is 9.88 Å². The maximum absolute atomic E-state index is 14.0. The second-order valence-corrected chi connectivity index (χ2v) is 9.87. The molecule has 0 aliphatic carbocycles. The number of piperidine rings is 1. The summed E-state index contributed by atoms with van der Waals surface area (Å²) in [5.41, 5.74) is -3.79. The number of hydrogen-bond acceptors (Lipinski definition) is 6. The Morgan fingerprint density at radius 1 is 1.24 bits per heavy atom. The van der Waals surface area contributed by atoms with Gasteiger partial charge in [0.1, 0.15) is 16.7 Å². The van der Waals surface area contributed by atoms with Gasteiger partial charge in [0.05, 0.1) is 12.7 Å². The monoisotopic (exact) mass is 557 g/mol. The largest absolute Gasteiger partial charge is 0.497 e. The number of anilines is 1. The number of pyridine rings is 1. The number of nitrogens with zero attached hydrogens (tertiary/aromatic N) is 3. The smallest absolute Gasteiger partial charge is 0.430 e. The first-order valence-corrected chi connectivity index (χ1v) is 12.5. The lowest BCUT2D eigenvalue weighted by Crippen LogP contribution is -2.55. The standard InChI is InChI=1S/C26H31ClF3N3O5/c1-16-14-20(31-22(27)21(16)23(34)35)33-12-9-17(10-13-33)6-5-11-32(2)24(36)25(37,26(28,29)30)18-7-4-8-19(15-18)38-3/h4,7-8,14-15,17,37H,5-6,9-13H2,1-3H3,(H,34,35). The van der Waals surface area contributed by atoms with E-state index in [-0.39, 0.29) is 23.0 Å². The van der Waals surface area contributed by atoms with Crippen LogP contribution in [0.5, 0.6) is 5.75 Å². The second-order valence-electron chi connectivity index (χ2n) is 9.51. The summed E-state index contributed by atoms with van der Waals surface area (Å²) in [6.07, 6.45) is -2.47. The molecule has 0 bridgehead atoms. The molecule has 1 aliphatic heterocycles. The zero-order valence-corrected chi connectivity index (χ0v) is 22.1. The number of benzene rings is 1. The minimum Gasteiger partial charge on any atom is -0.497 e. The molecular weight excluding hydrogens is 527 g/mol. The van der Waals surface area contributed by atoms with Crippen LogP contribution in [0.2, 0.25) is 5.15 Å². The van der Waals surface area contributed by atoms with E-state index in [9.17, 15) is 33.0 Å². The normalized spacial score (nSPS) is 16.2. The van der Waals surface area contributed by atoms with Gasteiger partial charge in [0.2, 0.25) is 0 Å². The van der Waals surface area contributed by atoms with Crippen molar-refractivity contribution in [2.24, 2.45) is 5.92 Å². The molecule has 8 nitrogen and oxygen atoms in total. The first-order chi connectivity index (χ1) is 17.8. The molecule has 0 spiro atoms. The molecule has 1 fully saturated rings. The number of carbonyl (C=O) groups excluding carboxylic acids is 1. The van der Waals surface area contributed by atoms with Gasteiger partial charge in [-0.05, 0) is 62.3 Å². The molecule has 1 aromatic heterocycles. The average Bonchev–Trinajstić information content (AvgIpc) is 2.86. The SMILES string of the molecule is COc1cccc(C(O)(C(=O)N(C)CCCC2CCN(c3cc(C)c(C(=O)O)c(Cl)n3)CC2)C(F)(F)F)c1. The second kappa shape index (κ2) is 11.8. The number of rotatable bonds is 9. The Hall–Kier alpha value is -3.05. The van der Waals surface area contributed by atoms with Crippen LogP contribution in [0.25, 0.3) is 0 Å². The zero-order valence-electron chi connectivity index (χ0n) is 21.4. The summed E-state index contributed by atoms with van der Waals surface area (Å²) in [5, 5.41) is 19.8. The predicted molar refractivity (Wildman–Crippen MR) is 136 cm³/mol. The van der Waals surface area contributed by atoms with E-state index in [0.29, 0.717) is 43.2 Å². The quantitative estimate of drug-likeness (QED) is 0.432. The molecule has 12 heteroatoms. The molecule has 3 rings (SSSR count). The molecule has 38 heavy (non-hydrogen) atoms. The highest BCUT2D eigenvalue weighted by atomic mass is 35.5.